The maximum atomic E-state index is 10.8. The van der Waals surface area contributed by atoms with E-state index < -0.39 is 6.03 Å². The monoisotopic (exact) mass is 219 g/mol. The topological polar surface area (TPSA) is 67.1 Å². The maximum absolute atomic E-state index is 10.8. The number of urea groups is 1. The van der Waals surface area contributed by atoms with Crippen molar-refractivity contribution in [2.24, 2.45) is 5.84 Å². The Morgan fingerprint density at radius 3 is 2.31 bits per heavy atom. The molecule has 0 aromatic heterocycles. The van der Waals surface area contributed by atoms with E-state index in [1.54, 1.807) is 18.2 Å². The molecule has 6 heteroatoms. The number of hydrogen-bond acceptors (Lipinski definition) is 2. The number of amides is 2. The van der Waals surface area contributed by atoms with Gasteiger partial charge in [0.25, 0.3) is 0 Å². The highest BCUT2D eigenvalue weighted by Crippen LogP contribution is 2.29. The Balaban J connectivity index is 2.93. The Hall–Kier alpha value is -0.970. The molecule has 1 rings (SSSR count). The number of hydrogen-bond donors (Lipinski definition) is 3. The van der Waals surface area contributed by atoms with E-state index in [9.17, 15) is 4.79 Å². The van der Waals surface area contributed by atoms with Gasteiger partial charge in [-0.05, 0) is 12.1 Å². The molecule has 2 amide bonds. The second-order valence-electron chi connectivity index (χ2n) is 2.20. The summed E-state index contributed by atoms with van der Waals surface area (Å²) < 4.78 is 0. The summed E-state index contributed by atoms with van der Waals surface area (Å²) >= 11 is 11.5. The fourth-order valence-electron chi connectivity index (χ4n) is 0.767. The van der Waals surface area contributed by atoms with E-state index in [2.05, 4.69) is 5.32 Å². The van der Waals surface area contributed by atoms with Gasteiger partial charge in [0.1, 0.15) is 0 Å². The van der Waals surface area contributed by atoms with E-state index in [-0.39, 0.29) is 0 Å². The van der Waals surface area contributed by atoms with Gasteiger partial charge in [-0.15, -0.1) is 0 Å². The molecule has 70 valence electrons. The summed E-state index contributed by atoms with van der Waals surface area (Å²) in [6.07, 6.45) is 0. The van der Waals surface area contributed by atoms with Crippen molar-refractivity contribution in [2.75, 3.05) is 5.32 Å². The molecule has 0 atom stereocenters. The van der Waals surface area contributed by atoms with Crippen molar-refractivity contribution in [3.63, 3.8) is 0 Å². The number of nitrogens with two attached hydrogens (primary N) is 1. The molecule has 1 aromatic rings. The molecule has 0 saturated heterocycles. The van der Waals surface area contributed by atoms with Gasteiger partial charge < -0.3 is 5.32 Å². The lowest BCUT2D eigenvalue weighted by molar-refractivity contribution is 0.252. The molecule has 0 radical (unpaired) electrons. The van der Waals surface area contributed by atoms with Gasteiger partial charge in [0.15, 0.2) is 0 Å². The van der Waals surface area contributed by atoms with E-state index in [1.807, 2.05) is 5.43 Å². The van der Waals surface area contributed by atoms with Gasteiger partial charge in [-0.2, -0.15) is 0 Å². The molecule has 0 aliphatic carbocycles. The smallest absolute Gasteiger partial charge is 0.304 e. The Morgan fingerprint density at radius 2 is 1.85 bits per heavy atom. The van der Waals surface area contributed by atoms with Crippen LogP contribution in [-0.2, 0) is 0 Å². The normalized spacial score (nSPS) is 9.46. The van der Waals surface area contributed by atoms with Crippen LogP contribution in [0.1, 0.15) is 0 Å². The first kappa shape index (κ1) is 10.1. The standard InChI is InChI=1S/C7H7Cl2N3O/c8-4-2-1-3-5(9)6(4)11-7(13)12-10/h1-3H,10H2,(H2,11,12,13). The fourth-order valence-corrected chi connectivity index (χ4v) is 1.26. The summed E-state index contributed by atoms with van der Waals surface area (Å²) in [5.41, 5.74) is 2.24. The molecule has 1 aromatic carbocycles. The zero-order chi connectivity index (χ0) is 9.84. The molecule has 0 aliphatic heterocycles. The van der Waals surface area contributed by atoms with Crippen LogP contribution in [0.4, 0.5) is 10.5 Å². The lowest BCUT2D eigenvalue weighted by atomic mass is 10.3. The van der Waals surface area contributed by atoms with Crippen molar-refractivity contribution >= 4 is 34.9 Å². The van der Waals surface area contributed by atoms with Gasteiger partial charge in [-0.25, -0.2) is 10.6 Å². The van der Waals surface area contributed by atoms with Crippen LogP contribution in [0.15, 0.2) is 18.2 Å². The lowest BCUT2D eigenvalue weighted by Crippen LogP contribution is -2.34. The molecule has 4 nitrogen and oxygen atoms in total. The summed E-state index contributed by atoms with van der Waals surface area (Å²) in [7, 11) is 0. The van der Waals surface area contributed by atoms with Crippen molar-refractivity contribution in [3.8, 4) is 0 Å². The van der Waals surface area contributed by atoms with Gasteiger partial charge in [0.2, 0.25) is 0 Å². The number of halogens is 2. The Morgan fingerprint density at radius 1 is 1.31 bits per heavy atom. The van der Waals surface area contributed by atoms with Gasteiger partial charge >= 0.3 is 6.03 Å². The minimum atomic E-state index is -0.574. The minimum absolute atomic E-state index is 0.341. The fraction of sp³-hybridized carbons (Fsp3) is 0. The summed E-state index contributed by atoms with van der Waals surface area (Å²) in [6.45, 7) is 0. The van der Waals surface area contributed by atoms with Gasteiger partial charge in [0.05, 0.1) is 15.7 Å². The minimum Gasteiger partial charge on any atom is -0.304 e. The highest BCUT2D eigenvalue weighted by Gasteiger charge is 2.07. The number of anilines is 1. The molecule has 0 heterocycles. The molecular formula is C7H7Cl2N3O. The molecular weight excluding hydrogens is 213 g/mol. The second kappa shape index (κ2) is 4.32. The van der Waals surface area contributed by atoms with Crippen molar-refractivity contribution in [1.29, 1.82) is 0 Å². The molecule has 0 unspecified atom stereocenters. The maximum Gasteiger partial charge on any atom is 0.333 e. The predicted molar refractivity (Wildman–Crippen MR) is 52.8 cm³/mol. The van der Waals surface area contributed by atoms with Crippen LogP contribution in [0.5, 0.6) is 0 Å². The summed E-state index contributed by atoms with van der Waals surface area (Å²) in [6, 6.07) is 4.32. The highest BCUT2D eigenvalue weighted by molar-refractivity contribution is 6.39. The number of hydrazine groups is 1. The molecule has 4 N–H and O–H groups in total. The van der Waals surface area contributed by atoms with Crippen molar-refractivity contribution in [1.82, 2.24) is 5.43 Å². The first-order valence-electron chi connectivity index (χ1n) is 3.36. The summed E-state index contributed by atoms with van der Waals surface area (Å²) in [5, 5.41) is 3.10. The Labute approximate surface area is 85.0 Å². The van der Waals surface area contributed by atoms with Crippen LogP contribution in [0.2, 0.25) is 10.0 Å². The molecule has 13 heavy (non-hydrogen) atoms. The van der Waals surface area contributed by atoms with Crippen LogP contribution in [-0.4, -0.2) is 6.03 Å². The van der Waals surface area contributed by atoms with Crippen LogP contribution in [0, 0.1) is 0 Å². The number of rotatable bonds is 1. The molecule has 0 saturated carbocycles. The Kier molecular flexibility index (Phi) is 3.36. The number of benzene rings is 1. The van der Waals surface area contributed by atoms with Crippen LogP contribution < -0.4 is 16.6 Å². The first-order chi connectivity index (χ1) is 6.15. The average molecular weight is 220 g/mol. The molecule has 0 spiro atoms. The van der Waals surface area contributed by atoms with Crippen LogP contribution >= 0.6 is 23.2 Å². The summed E-state index contributed by atoms with van der Waals surface area (Å²) in [5.74, 6) is 4.87. The largest absolute Gasteiger partial charge is 0.333 e. The van der Waals surface area contributed by atoms with E-state index >= 15 is 0 Å². The zero-order valence-corrected chi connectivity index (χ0v) is 7.99. The third-order valence-electron chi connectivity index (χ3n) is 1.33. The first-order valence-corrected chi connectivity index (χ1v) is 4.12. The van der Waals surface area contributed by atoms with Gasteiger partial charge in [-0.1, -0.05) is 29.3 Å². The van der Waals surface area contributed by atoms with Crippen molar-refractivity contribution in [2.45, 2.75) is 0 Å². The van der Waals surface area contributed by atoms with Crippen molar-refractivity contribution in [3.05, 3.63) is 28.2 Å². The van der Waals surface area contributed by atoms with Crippen LogP contribution in [0.25, 0.3) is 0 Å². The number of carbonyl (C=O) groups excluding carboxylic acids is 1. The molecule has 0 bridgehead atoms. The van der Waals surface area contributed by atoms with E-state index in [1.165, 1.54) is 0 Å². The van der Waals surface area contributed by atoms with Gasteiger partial charge in [0, 0.05) is 0 Å². The quantitative estimate of drug-likeness (QED) is 0.385. The Bertz CT molecular complexity index is 309. The van der Waals surface area contributed by atoms with Gasteiger partial charge in [-0.3, -0.25) is 5.43 Å². The van der Waals surface area contributed by atoms with Crippen LogP contribution in [0.3, 0.4) is 0 Å². The predicted octanol–water partition coefficient (Wildman–Crippen LogP) is 1.99. The second-order valence-corrected chi connectivity index (χ2v) is 3.01. The SMILES string of the molecule is NNC(=O)Nc1c(Cl)cccc1Cl. The van der Waals surface area contributed by atoms with Crippen molar-refractivity contribution < 1.29 is 4.79 Å². The third-order valence-corrected chi connectivity index (χ3v) is 1.96. The van der Waals surface area contributed by atoms with E-state index in [0.29, 0.717) is 15.7 Å². The average Bonchev–Trinajstić information content (AvgIpc) is 2.11. The highest BCUT2D eigenvalue weighted by atomic mass is 35.5. The number of para-hydroxylation sites is 1. The lowest BCUT2D eigenvalue weighted by Gasteiger charge is -2.07. The zero-order valence-electron chi connectivity index (χ0n) is 6.47. The molecule has 0 aliphatic rings. The number of nitrogens with one attached hydrogen (secondary N) is 2. The number of carbonyl (C=O) groups is 1. The summed E-state index contributed by atoms with van der Waals surface area (Å²) in [4.78, 5) is 10.8. The third kappa shape index (κ3) is 2.48. The van der Waals surface area contributed by atoms with E-state index in [4.69, 9.17) is 29.0 Å². The molecule has 0 fully saturated rings. The van der Waals surface area contributed by atoms with E-state index in [0.717, 1.165) is 0 Å².